The zero-order chi connectivity index (χ0) is 14.0. The Morgan fingerprint density at radius 3 is 2.50 bits per heavy atom. The van der Waals surface area contributed by atoms with Gasteiger partial charge in [0.1, 0.15) is 0 Å². The van der Waals surface area contributed by atoms with Gasteiger partial charge in [0.2, 0.25) is 11.8 Å². The van der Waals surface area contributed by atoms with E-state index < -0.39 is 0 Å². The van der Waals surface area contributed by atoms with E-state index in [4.69, 9.17) is 4.74 Å². The van der Waals surface area contributed by atoms with Crippen LogP contribution < -0.4 is 5.32 Å². The number of nitrogens with one attached hydrogen (secondary N) is 1. The molecule has 0 radical (unpaired) electrons. The number of carbonyl (C=O) groups excluding carboxylic acids is 2. The van der Waals surface area contributed by atoms with Crippen LogP contribution in [-0.4, -0.2) is 50.1 Å². The molecule has 18 heavy (non-hydrogen) atoms. The number of nitrogens with zero attached hydrogens (tertiary/aromatic N) is 1. The van der Waals surface area contributed by atoms with Crippen molar-refractivity contribution in [3.8, 4) is 0 Å². The van der Waals surface area contributed by atoms with E-state index in [1.807, 2.05) is 0 Å². The molecule has 0 aromatic heterocycles. The maximum Gasteiger partial charge on any atom is 0.239 e. The van der Waals surface area contributed by atoms with Crippen LogP contribution in [0, 0.1) is 5.92 Å². The Bertz CT molecular complexity index is 255. The van der Waals surface area contributed by atoms with Crippen molar-refractivity contribution in [3.05, 3.63) is 0 Å². The average Bonchev–Trinajstić information content (AvgIpc) is 2.27. The smallest absolute Gasteiger partial charge is 0.239 e. The van der Waals surface area contributed by atoms with Crippen LogP contribution in [0.25, 0.3) is 0 Å². The monoisotopic (exact) mass is 258 g/mol. The first kappa shape index (κ1) is 16.9. The van der Waals surface area contributed by atoms with Crippen molar-refractivity contribution in [2.75, 3.05) is 33.4 Å². The van der Waals surface area contributed by atoms with Crippen LogP contribution in [0.2, 0.25) is 0 Å². The lowest BCUT2D eigenvalue weighted by Gasteiger charge is -2.20. The Hall–Kier alpha value is -1.10. The number of methoxy groups -OCH3 is 1. The van der Waals surface area contributed by atoms with Gasteiger partial charge in [-0.1, -0.05) is 13.8 Å². The molecular formula is C13H26N2O3. The predicted molar refractivity (Wildman–Crippen MR) is 71.2 cm³/mol. The summed E-state index contributed by atoms with van der Waals surface area (Å²) in [6, 6.07) is 0. The van der Waals surface area contributed by atoms with Gasteiger partial charge >= 0.3 is 0 Å². The van der Waals surface area contributed by atoms with Gasteiger partial charge in [-0.2, -0.15) is 0 Å². The Kier molecular flexibility index (Phi) is 9.28. The number of hydrogen-bond acceptors (Lipinski definition) is 3. The highest BCUT2D eigenvalue weighted by molar-refractivity contribution is 5.83. The standard InChI is InChI=1S/C13H26N2O3/c1-11(2)6-7-14-13(17)10-15(12(3)16)8-5-9-18-4/h11H,5-10H2,1-4H3,(H,14,17). The minimum Gasteiger partial charge on any atom is -0.385 e. The lowest BCUT2D eigenvalue weighted by Crippen LogP contribution is -2.40. The fourth-order valence-electron chi connectivity index (χ4n) is 1.48. The summed E-state index contributed by atoms with van der Waals surface area (Å²) in [5, 5.41) is 2.83. The summed E-state index contributed by atoms with van der Waals surface area (Å²) >= 11 is 0. The first-order valence-electron chi connectivity index (χ1n) is 6.48. The van der Waals surface area contributed by atoms with Crippen LogP contribution >= 0.6 is 0 Å². The molecule has 0 aliphatic heterocycles. The molecule has 0 fully saturated rings. The van der Waals surface area contributed by atoms with Gasteiger partial charge in [0.25, 0.3) is 0 Å². The van der Waals surface area contributed by atoms with E-state index in [1.54, 1.807) is 12.0 Å². The van der Waals surface area contributed by atoms with E-state index in [0.29, 0.717) is 25.6 Å². The summed E-state index contributed by atoms with van der Waals surface area (Å²) in [6.45, 7) is 7.66. The van der Waals surface area contributed by atoms with Gasteiger partial charge in [0.05, 0.1) is 6.54 Å². The van der Waals surface area contributed by atoms with Crippen LogP contribution in [0.4, 0.5) is 0 Å². The lowest BCUT2D eigenvalue weighted by molar-refractivity contribution is -0.134. The fourth-order valence-corrected chi connectivity index (χ4v) is 1.48. The molecule has 2 amide bonds. The highest BCUT2D eigenvalue weighted by Gasteiger charge is 2.12. The van der Waals surface area contributed by atoms with Crippen molar-refractivity contribution in [1.82, 2.24) is 10.2 Å². The molecule has 5 nitrogen and oxygen atoms in total. The van der Waals surface area contributed by atoms with Crippen molar-refractivity contribution in [3.63, 3.8) is 0 Å². The summed E-state index contributed by atoms with van der Waals surface area (Å²) < 4.78 is 4.93. The topological polar surface area (TPSA) is 58.6 Å². The van der Waals surface area contributed by atoms with E-state index >= 15 is 0 Å². The molecule has 5 heteroatoms. The first-order chi connectivity index (χ1) is 8.47. The molecule has 0 saturated carbocycles. The first-order valence-corrected chi connectivity index (χ1v) is 6.48. The Balaban J connectivity index is 3.92. The second-order valence-corrected chi connectivity index (χ2v) is 4.82. The van der Waals surface area contributed by atoms with Crippen molar-refractivity contribution >= 4 is 11.8 Å². The van der Waals surface area contributed by atoms with Gasteiger partial charge < -0.3 is 15.0 Å². The largest absolute Gasteiger partial charge is 0.385 e. The summed E-state index contributed by atoms with van der Waals surface area (Å²) in [5.41, 5.74) is 0. The Morgan fingerprint density at radius 2 is 2.00 bits per heavy atom. The summed E-state index contributed by atoms with van der Waals surface area (Å²) in [5.74, 6) is 0.393. The van der Waals surface area contributed by atoms with E-state index in [0.717, 1.165) is 12.8 Å². The number of amides is 2. The highest BCUT2D eigenvalue weighted by Crippen LogP contribution is 1.97. The minimum atomic E-state index is -0.0942. The molecule has 0 aliphatic rings. The van der Waals surface area contributed by atoms with Crippen molar-refractivity contribution < 1.29 is 14.3 Å². The third-order valence-electron chi connectivity index (χ3n) is 2.60. The van der Waals surface area contributed by atoms with E-state index in [-0.39, 0.29) is 18.4 Å². The molecule has 0 rings (SSSR count). The normalized spacial score (nSPS) is 10.5. The summed E-state index contributed by atoms with van der Waals surface area (Å²) in [6.07, 6.45) is 1.70. The van der Waals surface area contributed by atoms with Crippen LogP contribution in [0.3, 0.4) is 0 Å². The molecule has 0 spiro atoms. The SMILES string of the molecule is COCCCN(CC(=O)NCCC(C)C)C(C)=O. The van der Waals surface area contributed by atoms with Crippen molar-refractivity contribution in [2.45, 2.75) is 33.6 Å². The van der Waals surface area contributed by atoms with E-state index in [2.05, 4.69) is 19.2 Å². The minimum absolute atomic E-state index is 0.0786. The maximum atomic E-state index is 11.6. The molecule has 0 saturated heterocycles. The Morgan fingerprint density at radius 1 is 1.33 bits per heavy atom. The van der Waals surface area contributed by atoms with E-state index in [1.165, 1.54) is 6.92 Å². The molecule has 0 aromatic carbocycles. The van der Waals surface area contributed by atoms with Crippen molar-refractivity contribution in [1.29, 1.82) is 0 Å². The zero-order valence-corrected chi connectivity index (χ0v) is 12.0. The van der Waals surface area contributed by atoms with Gasteiger partial charge in [-0.15, -0.1) is 0 Å². The molecule has 0 unspecified atom stereocenters. The Labute approximate surface area is 110 Å². The zero-order valence-electron chi connectivity index (χ0n) is 12.0. The summed E-state index contributed by atoms with van der Waals surface area (Å²) in [7, 11) is 1.62. The van der Waals surface area contributed by atoms with Crippen LogP contribution in [0.15, 0.2) is 0 Å². The molecule has 0 aromatic rings. The van der Waals surface area contributed by atoms with Gasteiger partial charge in [-0.25, -0.2) is 0 Å². The van der Waals surface area contributed by atoms with Gasteiger partial charge in [0.15, 0.2) is 0 Å². The van der Waals surface area contributed by atoms with Crippen LogP contribution in [-0.2, 0) is 14.3 Å². The fraction of sp³-hybridized carbons (Fsp3) is 0.846. The molecule has 1 N–H and O–H groups in total. The number of rotatable bonds is 9. The quantitative estimate of drug-likeness (QED) is 0.629. The van der Waals surface area contributed by atoms with Crippen LogP contribution in [0.1, 0.15) is 33.6 Å². The average molecular weight is 258 g/mol. The molecular weight excluding hydrogens is 232 g/mol. The van der Waals surface area contributed by atoms with Gasteiger partial charge in [0, 0.05) is 33.7 Å². The second-order valence-electron chi connectivity index (χ2n) is 4.82. The predicted octanol–water partition coefficient (Wildman–Crippen LogP) is 1.03. The van der Waals surface area contributed by atoms with E-state index in [9.17, 15) is 9.59 Å². The molecule has 0 aliphatic carbocycles. The van der Waals surface area contributed by atoms with Crippen LogP contribution in [0.5, 0.6) is 0 Å². The highest BCUT2D eigenvalue weighted by atomic mass is 16.5. The lowest BCUT2D eigenvalue weighted by atomic mass is 10.1. The third kappa shape index (κ3) is 8.98. The van der Waals surface area contributed by atoms with Crippen molar-refractivity contribution in [2.24, 2.45) is 5.92 Å². The molecule has 0 bridgehead atoms. The number of hydrogen-bond donors (Lipinski definition) is 1. The number of carbonyl (C=O) groups is 2. The third-order valence-corrected chi connectivity index (χ3v) is 2.60. The molecule has 106 valence electrons. The van der Waals surface area contributed by atoms with Gasteiger partial charge in [-0.3, -0.25) is 9.59 Å². The van der Waals surface area contributed by atoms with Gasteiger partial charge in [-0.05, 0) is 18.8 Å². The summed E-state index contributed by atoms with van der Waals surface area (Å²) in [4.78, 5) is 24.5. The molecule has 0 atom stereocenters. The number of ether oxygens (including phenoxy) is 1. The molecule has 0 heterocycles. The second kappa shape index (κ2) is 9.88. The maximum absolute atomic E-state index is 11.6.